The Morgan fingerprint density at radius 1 is 1.27 bits per heavy atom. The highest BCUT2D eigenvalue weighted by Gasteiger charge is 2.72. The van der Waals surface area contributed by atoms with Crippen molar-refractivity contribution >= 4 is 11.6 Å². The molecule has 5 rings (SSSR count). The molecule has 0 aromatic rings. The number of methoxy groups -OCH3 is 1. The fraction of sp³-hybridized carbons (Fsp3) is 0.778. The molecule has 1 saturated heterocycles. The zero-order valence-corrected chi connectivity index (χ0v) is 20.6. The smallest absolute Gasteiger partial charge is 0.284 e. The van der Waals surface area contributed by atoms with E-state index >= 15 is 0 Å². The van der Waals surface area contributed by atoms with E-state index in [1.165, 1.54) is 0 Å². The first-order valence-electron chi connectivity index (χ1n) is 12.6. The van der Waals surface area contributed by atoms with E-state index in [0.717, 1.165) is 24.8 Å². The highest BCUT2D eigenvalue weighted by Crippen LogP contribution is 2.69. The number of fused-ring (bicyclic) bond motifs is 6. The standard InChI is InChI=1S/C27H38O6/c1-6-9-27(31-5)32-15-22(30)26(33-27)11-8-19-18-12-16(2)20-13-17(28)7-10-24(20,3)23(18)21(29)14-25(19,26)4/h7,10,13,16,18-19,21,23,29H,6,8-9,11-12,14-15H2,1-5H3/t16-,18?,19?,21-,23?,24?,25?,26-,27?/m0/s1. The minimum Gasteiger partial charge on any atom is -0.393 e. The Hall–Kier alpha value is -1.34. The van der Waals surface area contributed by atoms with E-state index in [-0.39, 0.29) is 47.3 Å². The van der Waals surface area contributed by atoms with Gasteiger partial charge in [0.2, 0.25) is 0 Å². The van der Waals surface area contributed by atoms with Gasteiger partial charge in [-0.2, -0.15) is 0 Å². The molecule has 1 spiro atoms. The molecular formula is C27H38O6. The van der Waals surface area contributed by atoms with E-state index in [0.29, 0.717) is 19.3 Å². The molecule has 1 aliphatic heterocycles. The number of ether oxygens (including phenoxy) is 3. The van der Waals surface area contributed by atoms with Gasteiger partial charge >= 0.3 is 0 Å². The summed E-state index contributed by atoms with van der Waals surface area (Å²) in [5.74, 6) is -0.435. The third-order valence-corrected chi connectivity index (χ3v) is 10.0. The molecule has 1 N–H and O–H groups in total. The van der Waals surface area contributed by atoms with E-state index in [9.17, 15) is 14.7 Å². The molecule has 0 bridgehead atoms. The number of carbonyl (C=O) groups is 2. The molecule has 0 aromatic heterocycles. The highest BCUT2D eigenvalue weighted by molar-refractivity contribution is 6.01. The Balaban J connectivity index is 1.55. The summed E-state index contributed by atoms with van der Waals surface area (Å²) in [7, 11) is 1.58. The number of rotatable bonds is 3. The van der Waals surface area contributed by atoms with E-state index in [2.05, 4.69) is 20.8 Å². The third-order valence-electron chi connectivity index (χ3n) is 10.0. The molecule has 182 valence electrons. The van der Waals surface area contributed by atoms with Gasteiger partial charge in [0.1, 0.15) is 12.2 Å². The summed E-state index contributed by atoms with van der Waals surface area (Å²) in [5, 5.41) is 11.7. The van der Waals surface area contributed by atoms with Gasteiger partial charge in [0, 0.05) is 30.3 Å². The second-order valence-corrected chi connectivity index (χ2v) is 11.6. The first-order chi connectivity index (χ1) is 15.6. The number of allylic oxidation sites excluding steroid dienone is 4. The third kappa shape index (κ3) is 3.00. The Morgan fingerprint density at radius 3 is 2.73 bits per heavy atom. The fourth-order valence-electron chi connectivity index (χ4n) is 8.64. The largest absolute Gasteiger partial charge is 0.393 e. The number of aliphatic hydroxyl groups excluding tert-OH is 1. The lowest BCUT2D eigenvalue weighted by molar-refractivity contribution is -0.426. The first-order valence-corrected chi connectivity index (χ1v) is 12.6. The lowest BCUT2D eigenvalue weighted by Crippen LogP contribution is -2.67. The van der Waals surface area contributed by atoms with E-state index in [1.54, 1.807) is 19.3 Å². The molecular weight excluding hydrogens is 420 g/mol. The van der Waals surface area contributed by atoms with Crippen molar-refractivity contribution in [2.75, 3.05) is 13.7 Å². The van der Waals surface area contributed by atoms with Gasteiger partial charge in [-0.3, -0.25) is 9.59 Å². The van der Waals surface area contributed by atoms with Crippen molar-refractivity contribution in [3.8, 4) is 0 Å². The summed E-state index contributed by atoms with van der Waals surface area (Å²) < 4.78 is 18.2. The summed E-state index contributed by atoms with van der Waals surface area (Å²) in [6.07, 6.45) is 9.17. The van der Waals surface area contributed by atoms with Crippen LogP contribution in [0.3, 0.4) is 0 Å². The van der Waals surface area contributed by atoms with Gasteiger partial charge in [-0.15, -0.1) is 0 Å². The molecule has 33 heavy (non-hydrogen) atoms. The summed E-state index contributed by atoms with van der Waals surface area (Å²) >= 11 is 0. The minimum absolute atomic E-state index is 0.0216. The minimum atomic E-state index is -1.21. The van der Waals surface area contributed by atoms with Crippen molar-refractivity contribution in [2.45, 2.75) is 83.9 Å². The predicted octanol–water partition coefficient (Wildman–Crippen LogP) is 3.97. The number of Topliss-reactive ketones (excluding diaryl/α,β-unsaturated/α-hetero) is 1. The van der Waals surface area contributed by atoms with Crippen LogP contribution in [0.2, 0.25) is 0 Å². The summed E-state index contributed by atoms with van der Waals surface area (Å²) in [6, 6.07) is 0. The molecule has 0 radical (unpaired) electrons. The van der Waals surface area contributed by atoms with Gasteiger partial charge in [-0.25, -0.2) is 0 Å². The molecule has 1 heterocycles. The average molecular weight is 459 g/mol. The topological polar surface area (TPSA) is 82.1 Å². The summed E-state index contributed by atoms with van der Waals surface area (Å²) in [6.45, 7) is 8.55. The zero-order valence-electron chi connectivity index (χ0n) is 20.6. The van der Waals surface area contributed by atoms with E-state index < -0.39 is 23.1 Å². The number of carbonyl (C=O) groups excluding carboxylic acids is 2. The number of aliphatic hydroxyl groups is 1. The van der Waals surface area contributed by atoms with Crippen LogP contribution in [-0.4, -0.2) is 48.1 Å². The van der Waals surface area contributed by atoms with Crippen molar-refractivity contribution in [1.82, 2.24) is 0 Å². The van der Waals surface area contributed by atoms with Gasteiger partial charge in [-0.05, 0) is 62.0 Å². The molecule has 0 amide bonds. The van der Waals surface area contributed by atoms with Crippen LogP contribution in [-0.2, 0) is 23.8 Å². The molecule has 6 unspecified atom stereocenters. The second-order valence-electron chi connectivity index (χ2n) is 11.6. The van der Waals surface area contributed by atoms with Crippen LogP contribution in [0.1, 0.15) is 66.2 Å². The molecule has 9 atom stereocenters. The maximum absolute atomic E-state index is 13.5. The van der Waals surface area contributed by atoms with Crippen molar-refractivity contribution in [3.63, 3.8) is 0 Å². The molecule has 6 heteroatoms. The number of hydrogen-bond acceptors (Lipinski definition) is 6. The highest BCUT2D eigenvalue weighted by atomic mass is 16.9. The van der Waals surface area contributed by atoms with Crippen LogP contribution in [0.5, 0.6) is 0 Å². The monoisotopic (exact) mass is 458 g/mol. The maximum Gasteiger partial charge on any atom is 0.284 e. The predicted molar refractivity (Wildman–Crippen MR) is 122 cm³/mol. The second kappa shape index (κ2) is 7.58. The van der Waals surface area contributed by atoms with Gasteiger partial charge in [0.05, 0.1) is 6.10 Å². The van der Waals surface area contributed by atoms with Crippen LogP contribution < -0.4 is 0 Å². The molecule has 3 saturated carbocycles. The van der Waals surface area contributed by atoms with Crippen molar-refractivity contribution in [2.24, 2.45) is 34.5 Å². The SMILES string of the molecule is CCCC1(OC)OCC(=O)[C@]2(CCC3C4C[C@H](C)C5=CC(=O)C=CC5(C)C4[C@@H](O)CC32C)O1. The fourth-order valence-corrected chi connectivity index (χ4v) is 8.64. The van der Waals surface area contributed by atoms with Crippen LogP contribution >= 0.6 is 0 Å². The molecule has 4 aliphatic carbocycles. The average Bonchev–Trinajstić information content (AvgIpc) is 3.04. The lowest BCUT2D eigenvalue weighted by Gasteiger charge is -2.62. The van der Waals surface area contributed by atoms with Crippen molar-refractivity contribution < 1.29 is 28.9 Å². The lowest BCUT2D eigenvalue weighted by atomic mass is 9.44. The Bertz CT molecular complexity index is 924. The Labute approximate surface area is 196 Å². The van der Waals surface area contributed by atoms with Gasteiger partial charge < -0.3 is 19.3 Å². The summed E-state index contributed by atoms with van der Waals surface area (Å²) in [5.41, 5.74) is -0.707. The van der Waals surface area contributed by atoms with Crippen molar-refractivity contribution in [3.05, 3.63) is 23.8 Å². The van der Waals surface area contributed by atoms with Crippen molar-refractivity contribution in [1.29, 1.82) is 0 Å². The number of hydrogen-bond donors (Lipinski definition) is 1. The molecule has 4 fully saturated rings. The van der Waals surface area contributed by atoms with Gasteiger partial charge in [0.15, 0.2) is 11.6 Å². The van der Waals surface area contributed by atoms with Crippen LogP contribution in [0.4, 0.5) is 0 Å². The maximum atomic E-state index is 13.5. The van der Waals surface area contributed by atoms with Crippen LogP contribution in [0.25, 0.3) is 0 Å². The van der Waals surface area contributed by atoms with Gasteiger partial charge in [0.25, 0.3) is 5.97 Å². The van der Waals surface area contributed by atoms with E-state index in [4.69, 9.17) is 14.2 Å². The molecule has 6 nitrogen and oxygen atoms in total. The van der Waals surface area contributed by atoms with Crippen LogP contribution in [0.15, 0.2) is 23.8 Å². The first kappa shape index (κ1) is 23.4. The molecule has 5 aliphatic rings. The summed E-state index contributed by atoms with van der Waals surface area (Å²) in [4.78, 5) is 25.7. The Morgan fingerprint density at radius 2 is 2.03 bits per heavy atom. The molecule has 0 aromatic carbocycles. The van der Waals surface area contributed by atoms with Crippen LogP contribution in [0, 0.1) is 34.5 Å². The zero-order chi connectivity index (χ0) is 23.8. The number of ketones is 2. The normalized spacial score (nSPS) is 51.2. The quantitative estimate of drug-likeness (QED) is 0.689. The Kier molecular flexibility index (Phi) is 5.37. The van der Waals surface area contributed by atoms with Gasteiger partial charge in [-0.1, -0.05) is 39.3 Å². The van der Waals surface area contributed by atoms with E-state index in [1.807, 2.05) is 13.0 Å².